The Hall–Kier alpha value is -3.24. The molecule has 134 valence electrons. The molecule has 0 aromatic heterocycles. The number of nitrogens with one attached hydrogen (secondary N) is 1. The molecule has 2 amide bonds. The summed E-state index contributed by atoms with van der Waals surface area (Å²) in [5, 5.41) is 11.4. The fraction of sp³-hybridized carbons (Fsp3) is 0.211. The van der Waals surface area contributed by atoms with E-state index in [4.69, 9.17) is 10.00 Å². The van der Waals surface area contributed by atoms with E-state index in [1.807, 2.05) is 6.07 Å². The number of carbonyl (C=O) groups excluding carboxylic acids is 2. The van der Waals surface area contributed by atoms with Crippen molar-refractivity contribution in [1.29, 1.82) is 5.26 Å². The van der Waals surface area contributed by atoms with Gasteiger partial charge in [0.2, 0.25) is 11.8 Å². The van der Waals surface area contributed by atoms with Crippen molar-refractivity contribution < 1.29 is 18.7 Å². The van der Waals surface area contributed by atoms with Crippen molar-refractivity contribution >= 4 is 23.2 Å². The van der Waals surface area contributed by atoms with Crippen LogP contribution in [-0.2, 0) is 14.3 Å². The number of nitrogens with zero attached hydrogens (tertiary/aromatic N) is 2. The highest BCUT2D eigenvalue weighted by atomic mass is 19.1. The molecule has 0 atom stereocenters. The van der Waals surface area contributed by atoms with E-state index in [9.17, 15) is 14.0 Å². The van der Waals surface area contributed by atoms with Gasteiger partial charge in [0, 0.05) is 25.0 Å². The molecule has 0 saturated heterocycles. The normalized spacial score (nSPS) is 10.0. The van der Waals surface area contributed by atoms with Gasteiger partial charge in [0.25, 0.3) is 0 Å². The Morgan fingerprint density at radius 3 is 2.38 bits per heavy atom. The predicted octanol–water partition coefficient (Wildman–Crippen LogP) is 2.71. The standard InChI is InChI=1S/C19H18FN3O3/c1-26-11-10-23(17-8-4-15(20)5-9-17)19(25)12-18(24)22-16-6-2-14(13-21)3-7-16/h2-9H,10-12H2,1H3,(H,22,24). The van der Waals surface area contributed by atoms with Crippen molar-refractivity contribution in [2.75, 3.05) is 30.5 Å². The molecule has 0 heterocycles. The summed E-state index contributed by atoms with van der Waals surface area (Å²) < 4.78 is 18.1. The topological polar surface area (TPSA) is 82.4 Å². The van der Waals surface area contributed by atoms with Gasteiger partial charge in [-0.3, -0.25) is 9.59 Å². The Morgan fingerprint density at radius 1 is 1.15 bits per heavy atom. The fourth-order valence-corrected chi connectivity index (χ4v) is 2.27. The summed E-state index contributed by atoms with van der Waals surface area (Å²) in [6, 6.07) is 13.7. The van der Waals surface area contributed by atoms with Crippen molar-refractivity contribution in [2.24, 2.45) is 0 Å². The highest BCUT2D eigenvalue weighted by Gasteiger charge is 2.19. The zero-order chi connectivity index (χ0) is 18.9. The maximum Gasteiger partial charge on any atom is 0.236 e. The summed E-state index contributed by atoms with van der Waals surface area (Å²) in [4.78, 5) is 26.0. The molecule has 0 saturated carbocycles. The Labute approximate surface area is 150 Å². The molecule has 0 bridgehead atoms. The number of ether oxygens (including phenoxy) is 1. The first-order valence-electron chi connectivity index (χ1n) is 7.88. The van der Waals surface area contributed by atoms with E-state index in [-0.39, 0.29) is 19.6 Å². The number of rotatable bonds is 7. The Kier molecular flexibility index (Phi) is 6.83. The maximum atomic E-state index is 13.1. The molecule has 1 N–H and O–H groups in total. The molecule has 7 heteroatoms. The monoisotopic (exact) mass is 355 g/mol. The molecule has 0 radical (unpaired) electrons. The number of hydrogen-bond donors (Lipinski definition) is 1. The molecular formula is C19H18FN3O3. The van der Waals surface area contributed by atoms with Gasteiger partial charge in [-0.05, 0) is 48.5 Å². The third-order valence-electron chi connectivity index (χ3n) is 3.57. The summed E-state index contributed by atoms with van der Waals surface area (Å²) in [7, 11) is 1.50. The summed E-state index contributed by atoms with van der Waals surface area (Å²) in [6.45, 7) is 0.519. The van der Waals surface area contributed by atoms with Gasteiger partial charge in [-0.15, -0.1) is 0 Å². The number of methoxy groups -OCH3 is 1. The molecule has 0 unspecified atom stereocenters. The number of amides is 2. The summed E-state index contributed by atoms with van der Waals surface area (Å²) in [5.74, 6) is -1.32. The zero-order valence-electron chi connectivity index (χ0n) is 14.2. The second-order valence-electron chi connectivity index (χ2n) is 5.43. The minimum Gasteiger partial charge on any atom is -0.383 e. The van der Waals surface area contributed by atoms with Crippen LogP contribution in [-0.4, -0.2) is 32.1 Å². The molecule has 26 heavy (non-hydrogen) atoms. The first-order valence-corrected chi connectivity index (χ1v) is 7.88. The summed E-state index contributed by atoms with van der Waals surface area (Å²) in [5.41, 5.74) is 1.45. The van der Waals surface area contributed by atoms with Crippen LogP contribution < -0.4 is 10.2 Å². The number of nitriles is 1. The van der Waals surface area contributed by atoms with Crippen molar-refractivity contribution in [1.82, 2.24) is 0 Å². The summed E-state index contributed by atoms with van der Waals surface area (Å²) in [6.07, 6.45) is -0.374. The Morgan fingerprint density at radius 2 is 1.81 bits per heavy atom. The summed E-state index contributed by atoms with van der Waals surface area (Å²) >= 11 is 0. The molecule has 6 nitrogen and oxygen atoms in total. The van der Waals surface area contributed by atoms with Crippen LogP contribution in [0.5, 0.6) is 0 Å². The average Bonchev–Trinajstić information content (AvgIpc) is 2.64. The average molecular weight is 355 g/mol. The second kappa shape index (κ2) is 9.30. The lowest BCUT2D eigenvalue weighted by Crippen LogP contribution is -2.36. The minimum absolute atomic E-state index is 0.241. The van der Waals surface area contributed by atoms with Gasteiger partial charge in [-0.25, -0.2) is 4.39 Å². The second-order valence-corrected chi connectivity index (χ2v) is 5.43. The van der Waals surface area contributed by atoms with Crippen molar-refractivity contribution in [3.05, 3.63) is 59.9 Å². The van der Waals surface area contributed by atoms with Crippen LogP contribution in [0, 0.1) is 17.1 Å². The molecule has 2 rings (SSSR count). The third-order valence-corrected chi connectivity index (χ3v) is 3.57. The maximum absolute atomic E-state index is 13.1. The highest BCUT2D eigenvalue weighted by Crippen LogP contribution is 2.16. The van der Waals surface area contributed by atoms with E-state index in [0.29, 0.717) is 16.9 Å². The zero-order valence-corrected chi connectivity index (χ0v) is 14.2. The molecule has 0 aliphatic carbocycles. The van der Waals surface area contributed by atoms with E-state index in [2.05, 4.69) is 5.32 Å². The number of anilines is 2. The van der Waals surface area contributed by atoms with Gasteiger partial charge in [-0.1, -0.05) is 0 Å². The van der Waals surface area contributed by atoms with Crippen LogP contribution >= 0.6 is 0 Å². The third kappa shape index (κ3) is 5.40. The highest BCUT2D eigenvalue weighted by molar-refractivity contribution is 6.09. The smallest absolute Gasteiger partial charge is 0.236 e. The van der Waals surface area contributed by atoms with Crippen molar-refractivity contribution in [3.63, 3.8) is 0 Å². The predicted molar refractivity (Wildman–Crippen MR) is 95.0 cm³/mol. The van der Waals surface area contributed by atoms with E-state index in [0.717, 1.165) is 0 Å². The van der Waals surface area contributed by atoms with Crippen LogP contribution in [0.4, 0.5) is 15.8 Å². The Bertz CT molecular complexity index is 798. The van der Waals surface area contributed by atoms with Gasteiger partial charge in [0.05, 0.1) is 18.2 Å². The molecule has 2 aromatic carbocycles. The minimum atomic E-state index is -0.482. The molecule has 0 aliphatic heterocycles. The lowest BCUT2D eigenvalue weighted by Gasteiger charge is -2.22. The molecular weight excluding hydrogens is 337 g/mol. The van der Waals surface area contributed by atoms with E-state index in [1.54, 1.807) is 24.3 Å². The van der Waals surface area contributed by atoms with Crippen LogP contribution in [0.25, 0.3) is 0 Å². The molecule has 2 aromatic rings. The van der Waals surface area contributed by atoms with Crippen LogP contribution in [0.1, 0.15) is 12.0 Å². The largest absolute Gasteiger partial charge is 0.383 e. The van der Waals surface area contributed by atoms with Crippen LogP contribution in [0.2, 0.25) is 0 Å². The quantitative estimate of drug-likeness (QED) is 0.774. The van der Waals surface area contributed by atoms with Crippen molar-refractivity contribution in [2.45, 2.75) is 6.42 Å². The Balaban J connectivity index is 2.03. The van der Waals surface area contributed by atoms with E-state index >= 15 is 0 Å². The van der Waals surface area contributed by atoms with Gasteiger partial charge in [0.1, 0.15) is 12.2 Å². The number of carbonyl (C=O) groups is 2. The van der Waals surface area contributed by atoms with Crippen LogP contribution in [0.15, 0.2) is 48.5 Å². The fourth-order valence-electron chi connectivity index (χ4n) is 2.27. The number of halogens is 1. The lowest BCUT2D eigenvalue weighted by atomic mass is 10.2. The van der Waals surface area contributed by atoms with Gasteiger partial charge >= 0.3 is 0 Å². The SMILES string of the molecule is COCCN(C(=O)CC(=O)Nc1ccc(C#N)cc1)c1ccc(F)cc1. The molecule has 0 spiro atoms. The molecule has 0 aliphatic rings. The molecule has 0 fully saturated rings. The lowest BCUT2D eigenvalue weighted by molar-refractivity contribution is -0.125. The van der Waals surface area contributed by atoms with Crippen LogP contribution in [0.3, 0.4) is 0 Å². The number of hydrogen-bond acceptors (Lipinski definition) is 4. The van der Waals surface area contributed by atoms with Gasteiger partial charge in [-0.2, -0.15) is 5.26 Å². The first-order chi connectivity index (χ1) is 12.5. The van der Waals surface area contributed by atoms with Gasteiger partial charge < -0.3 is 15.0 Å². The first kappa shape index (κ1) is 19.1. The van der Waals surface area contributed by atoms with E-state index in [1.165, 1.54) is 36.3 Å². The van der Waals surface area contributed by atoms with Crippen molar-refractivity contribution in [3.8, 4) is 6.07 Å². The van der Waals surface area contributed by atoms with E-state index < -0.39 is 17.6 Å². The van der Waals surface area contributed by atoms with Gasteiger partial charge in [0.15, 0.2) is 0 Å². The number of benzene rings is 2.